The van der Waals surface area contributed by atoms with E-state index in [-0.39, 0.29) is 12.5 Å². The zero-order valence-electron chi connectivity index (χ0n) is 13.1. The monoisotopic (exact) mass is 331 g/mol. The maximum atomic E-state index is 13.0. The first-order valence-electron chi connectivity index (χ1n) is 7.74. The number of hydrogen-bond acceptors (Lipinski definition) is 4. The van der Waals surface area contributed by atoms with Gasteiger partial charge >= 0.3 is 0 Å². The molecule has 0 aromatic heterocycles. The Bertz CT molecular complexity index is 720. The second-order valence-corrected chi connectivity index (χ2v) is 5.32. The zero-order valence-corrected chi connectivity index (χ0v) is 13.1. The summed E-state index contributed by atoms with van der Waals surface area (Å²) in [6.07, 6.45) is 0.669. The molecule has 1 N–H and O–H groups in total. The van der Waals surface area contributed by atoms with Gasteiger partial charge in [0.05, 0.1) is 0 Å². The summed E-state index contributed by atoms with van der Waals surface area (Å²) in [6.45, 7) is 1.44. The molecule has 0 atom stereocenters. The van der Waals surface area contributed by atoms with E-state index in [2.05, 4.69) is 5.32 Å². The fraction of sp³-hybridized carbons (Fsp3) is 0.278. The lowest BCUT2D eigenvalue weighted by Crippen LogP contribution is -2.30. The Morgan fingerprint density at radius 2 is 1.96 bits per heavy atom. The topological polar surface area (TPSA) is 56.8 Å². The lowest BCUT2D eigenvalue weighted by Gasteiger charge is -2.18. The molecule has 1 amide bonds. The molecule has 3 rings (SSSR count). The Morgan fingerprint density at radius 3 is 2.79 bits per heavy atom. The summed E-state index contributed by atoms with van der Waals surface area (Å²) in [4.78, 5) is 11.7. The molecule has 0 fully saturated rings. The van der Waals surface area contributed by atoms with E-state index in [0.717, 1.165) is 17.1 Å². The standard InChI is InChI=1S/C18H18FNO4/c19-14-2-1-3-15(11-14)24-12-18(21)20-7-6-13-4-5-16-17(10-13)23-9-8-22-16/h1-5,10-11H,6-9,12H2,(H,20,21). The van der Waals surface area contributed by atoms with Crippen LogP contribution in [-0.4, -0.2) is 32.3 Å². The number of nitrogens with one attached hydrogen (secondary N) is 1. The van der Waals surface area contributed by atoms with E-state index in [1.54, 1.807) is 6.07 Å². The molecule has 2 aromatic rings. The van der Waals surface area contributed by atoms with Crippen molar-refractivity contribution in [1.29, 1.82) is 0 Å². The van der Waals surface area contributed by atoms with Crippen molar-refractivity contribution in [2.45, 2.75) is 6.42 Å². The van der Waals surface area contributed by atoms with Gasteiger partial charge < -0.3 is 19.5 Å². The van der Waals surface area contributed by atoms with E-state index >= 15 is 0 Å². The summed E-state index contributed by atoms with van der Waals surface area (Å²) in [5, 5.41) is 2.77. The molecule has 1 aliphatic rings. The van der Waals surface area contributed by atoms with E-state index in [0.29, 0.717) is 31.9 Å². The van der Waals surface area contributed by atoms with E-state index < -0.39 is 5.82 Å². The summed E-state index contributed by atoms with van der Waals surface area (Å²) < 4.78 is 29.2. The van der Waals surface area contributed by atoms with Crippen LogP contribution in [0.2, 0.25) is 0 Å². The molecule has 2 aromatic carbocycles. The second-order valence-electron chi connectivity index (χ2n) is 5.32. The normalized spacial score (nSPS) is 12.5. The van der Waals surface area contributed by atoms with Crippen LogP contribution >= 0.6 is 0 Å². The molecule has 1 aliphatic heterocycles. The highest BCUT2D eigenvalue weighted by Gasteiger charge is 2.11. The molecule has 126 valence electrons. The largest absolute Gasteiger partial charge is 0.486 e. The molecule has 0 saturated heterocycles. The number of carbonyl (C=O) groups is 1. The average Bonchev–Trinajstić information content (AvgIpc) is 2.60. The van der Waals surface area contributed by atoms with Crippen LogP contribution in [0.25, 0.3) is 0 Å². The fourth-order valence-corrected chi connectivity index (χ4v) is 2.35. The van der Waals surface area contributed by atoms with Gasteiger partial charge in [0, 0.05) is 12.6 Å². The number of halogens is 1. The minimum absolute atomic E-state index is 0.148. The van der Waals surface area contributed by atoms with Crippen molar-refractivity contribution >= 4 is 5.91 Å². The first kappa shape index (κ1) is 16.1. The molecule has 6 heteroatoms. The van der Waals surface area contributed by atoms with Gasteiger partial charge in [-0.25, -0.2) is 4.39 Å². The fourth-order valence-electron chi connectivity index (χ4n) is 2.35. The quantitative estimate of drug-likeness (QED) is 0.883. The van der Waals surface area contributed by atoms with Crippen molar-refractivity contribution < 1.29 is 23.4 Å². The van der Waals surface area contributed by atoms with Crippen LogP contribution < -0.4 is 19.5 Å². The van der Waals surface area contributed by atoms with Crippen LogP contribution in [0.4, 0.5) is 4.39 Å². The molecular weight excluding hydrogens is 313 g/mol. The molecule has 0 spiro atoms. The lowest BCUT2D eigenvalue weighted by molar-refractivity contribution is -0.123. The van der Waals surface area contributed by atoms with Crippen LogP contribution in [0.15, 0.2) is 42.5 Å². The zero-order chi connectivity index (χ0) is 16.8. The maximum Gasteiger partial charge on any atom is 0.257 e. The highest BCUT2D eigenvalue weighted by molar-refractivity contribution is 5.77. The highest BCUT2D eigenvalue weighted by Crippen LogP contribution is 2.30. The van der Waals surface area contributed by atoms with Gasteiger partial charge in [-0.15, -0.1) is 0 Å². The maximum absolute atomic E-state index is 13.0. The Kier molecular flexibility index (Phi) is 5.15. The van der Waals surface area contributed by atoms with Crippen LogP contribution in [0.5, 0.6) is 17.2 Å². The predicted octanol–water partition coefficient (Wildman–Crippen LogP) is 2.33. The third-order valence-electron chi connectivity index (χ3n) is 3.51. The minimum atomic E-state index is -0.397. The van der Waals surface area contributed by atoms with Gasteiger partial charge in [0.2, 0.25) is 0 Å². The molecule has 0 bridgehead atoms. The van der Waals surface area contributed by atoms with Gasteiger partial charge in [-0.1, -0.05) is 12.1 Å². The molecule has 0 aliphatic carbocycles. The predicted molar refractivity (Wildman–Crippen MR) is 86.0 cm³/mol. The molecule has 1 heterocycles. The average molecular weight is 331 g/mol. The van der Waals surface area contributed by atoms with Crippen molar-refractivity contribution in [2.75, 3.05) is 26.4 Å². The number of carbonyl (C=O) groups excluding carboxylic acids is 1. The number of ether oxygens (including phenoxy) is 3. The van der Waals surface area contributed by atoms with Crippen molar-refractivity contribution in [2.24, 2.45) is 0 Å². The van der Waals surface area contributed by atoms with E-state index in [1.165, 1.54) is 18.2 Å². The smallest absolute Gasteiger partial charge is 0.257 e. The van der Waals surface area contributed by atoms with Crippen molar-refractivity contribution in [3.63, 3.8) is 0 Å². The molecule has 24 heavy (non-hydrogen) atoms. The number of amides is 1. The SMILES string of the molecule is O=C(COc1cccc(F)c1)NCCc1ccc2c(c1)OCCO2. The summed E-state index contributed by atoms with van der Waals surface area (Å²) in [5.41, 5.74) is 1.05. The Morgan fingerprint density at radius 1 is 1.12 bits per heavy atom. The van der Waals surface area contributed by atoms with Crippen LogP contribution in [0, 0.1) is 5.82 Å². The van der Waals surface area contributed by atoms with Crippen LogP contribution in [-0.2, 0) is 11.2 Å². The lowest BCUT2D eigenvalue weighted by atomic mass is 10.1. The van der Waals surface area contributed by atoms with Crippen molar-refractivity contribution in [1.82, 2.24) is 5.32 Å². The van der Waals surface area contributed by atoms with Gasteiger partial charge in [-0.05, 0) is 36.2 Å². The number of fused-ring (bicyclic) bond motifs is 1. The molecule has 0 saturated carbocycles. The summed E-state index contributed by atoms with van der Waals surface area (Å²) in [7, 11) is 0. The van der Waals surface area contributed by atoms with Gasteiger partial charge in [-0.2, -0.15) is 0 Å². The Hall–Kier alpha value is -2.76. The molecule has 5 nitrogen and oxygen atoms in total. The van der Waals surface area contributed by atoms with E-state index in [9.17, 15) is 9.18 Å². The molecular formula is C18H18FNO4. The molecule has 0 unspecified atom stereocenters. The van der Waals surface area contributed by atoms with Crippen LogP contribution in [0.1, 0.15) is 5.56 Å². The number of rotatable bonds is 6. The van der Waals surface area contributed by atoms with Crippen molar-refractivity contribution in [3.8, 4) is 17.2 Å². The van der Waals surface area contributed by atoms with E-state index in [4.69, 9.17) is 14.2 Å². The van der Waals surface area contributed by atoms with E-state index in [1.807, 2.05) is 18.2 Å². The Balaban J connectivity index is 1.42. The first-order valence-corrected chi connectivity index (χ1v) is 7.74. The van der Waals surface area contributed by atoms with Crippen molar-refractivity contribution in [3.05, 3.63) is 53.8 Å². The minimum Gasteiger partial charge on any atom is -0.486 e. The highest BCUT2D eigenvalue weighted by atomic mass is 19.1. The molecule has 0 radical (unpaired) electrons. The summed E-state index contributed by atoms with van der Waals surface area (Å²) in [5.74, 6) is 1.16. The third kappa shape index (κ3) is 4.38. The van der Waals surface area contributed by atoms with Gasteiger partial charge in [0.25, 0.3) is 5.91 Å². The summed E-state index contributed by atoms with van der Waals surface area (Å²) >= 11 is 0. The second kappa shape index (κ2) is 7.68. The first-order chi connectivity index (χ1) is 11.7. The number of hydrogen-bond donors (Lipinski definition) is 1. The van der Waals surface area contributed by atoms with Crippen LogP contribution in [0.3, 0.4) is 0 Å². The third-order valence-corrected chi connectivity index (χ3v) is 3.51. The van der Waals surface area contributed by atoms with Gasteiger partial charge in [0.1, 0.15) is 24.8 Å². The summed E-state index contributed by atoms with van der Waals surface area (Å²) in [6, 6.07) is 11.4. The number of benzene rings is 2. The van der Waals surface area contributed by atoms with Gasteiger partial charge in [-0.3, -0.25) is 4.79 Å². The Labute approximate surface area is 139 Å². The van der Waals surface area contributed by atoms with Gasteiger partial charge in [0.15, 0.2) is 18.1 Å².